The third-order valence-electron chi connectivity index (χ3n) is 2.09. The van der Waals surface area contributed by atoms with Crippen LogP contribution in [0.4, 0.5) is 5.69 Å². The molecule has 0 radical (unpaired) electrons. The number of nitrogens with zero attached hydrogens (tertiary/aromatic N) is 1. The maximum absolute atomic E-state index is 11.7. The van der Waals surface area contributed by atoms with Gasteiger partial charge in [-0.1, -0.05) is 0 Å². The van der Waals surface area contributed by atoms with Crippen molar-refractivity contribution in [2.24, 2.45) is 0 Å². The molecule has 92 valence electrons. The van der Waals surface area contributed by atoms with E-state index in [1.165, 1.54) is 12.1 Å². The molecule has 0 bridgehead atoms. The molecule has 0 heterocycles. The summed E-state index contributed by atoms with van der Waals surface area (Å²) < 4.78 is 11.4. The van der Waals surface area contributed by atoms with Crippen molar-refractivity contribution in [1.29, 1.82) is 0 Å². The molecule has 17 heavy (non-hydrogen) atoms. The molecule has 0 aromatic heterocycles. The van der Waals surface area contributed by atoms with Gasteiger partial charge in [0.25, 0.3) is 5.69 Å². The highest BCUT2D eigenvalue weighted by molar-refractivity contribution is 7.89. The lowest BCUT2D eigenvalue weighted by Crippen LogP contribution is -2.19. The summed E-state index contributed by atoms with van der Waals surface area (Å²) in [6.45, 7) is 5.68. The van der Waals surface area contributed by atoms with E-state index in [0.29, 0.717) is 0 Å². The summed E-state index contributed by atoms with van der Waals surface area (Å²) in [4.78, 5) is 10.0. The minimum absolute atomic E-state index is 0.0547. The Labute approximate surface area is 103 Å². The van der Waals surface area contributed by atoms with Crippen LogP contribution in [0.15, 0.2) is 29.7 Å². The predicted molar refractivity (Wildman–Crippen MR) is 70.0 cm³/mol. The van der Waals surface area contributed by atoms with E-state index in [1.54, 1.807) is 23.6 Å². The molecule has 0 spiro atoms. The van der Waals surface area contributed by atoms with Crippen LogP contribution in [0.1, 0.15) is 26.3 Å². The fourth-order valence-electron chi connectivity index (χ4n) is 1.05. The third kappa shape index (κ3) is 4.11. The van der Waals surface area contributed by atoms with Crippen LogP contribution in [-0.2, 0) is 10.8 Å². The maximum atomic E-state index is 11.7. The van der Waals surface area contributed by atoms with Gasteiger partial charge in [0, 0.05) is 22.3 Å². The van der Waals surface area contributed by atoms with Crippen molar-refractivity contribution in [3.8, 4) is 0 Å². The standard InChI is InChI=1S/C12H15NO3S/c1-12(2,3)17(16)9-8-10-4-6-11(7-5-10)13(14)15/h4-9H,1-3H3/b9-8+. The molecule has 0 saturated carbocycles. The van der Waals surface area contributed by atoms with Crippen molar-refractivity contribution >= 4 is 22.6 Å². The van der Waals surface area contributed by atoms with E-state index >= 15 is 0 Å². The second-order valence-electron chi connectivity index (χ2n) is 4.56. The van der Waals surface area contributed by atoms with Gasteiger partial charge in [0.05, 0.1) is 15.7 Å². The highest BCUT2D eigenvalue weighted by Crippen LogP contribution is 2.16. The topological polar surface area (TPSA) is 60.2 Å². The highest BCUT2D eigenvalue weighted by Gasteiger charge is 2.16. The Morgan fingerprint density at radius 3 is 2.18 bits per heavy atom. The summed E-state index contributed by atoms with van der Waals surface area (Å²) in [7, 11) is -1.07. The average Bonchev–Trinajstić information content (AvgIpc) is 2.25. The van der Waals surface area contributed by atoms with Crippen LogP contribution >= 0.6 is 0 Å². The first-order chi connectivity index (χ1) is 7.80. The number of non-ortho nitro benzene ring substituents is 1. The van der Waals surface area contributed by atoms with Crippen molar-refractivity contribution in [3.63, 3.8) is 0 Å². The lowest BCUT2D eigenvalue weighted by atomic mass is 10.2. The number of nitro benzene ring substituents is 1. The first kappa shape index (κ1) is 13.6. The molecule has 0 aliphatic heterocycles. The van der Waals surface area contributed by atoms with Crippen molar-refractivity contribution < 1.29 is 9.13 Å². The third-order valence-corrected chi connectivity index (χ3v) is 3.68. The molecule has 1 atom stereocenters. The van der Waals surface area contributed by atoms with Gasteiger partial charge in [-0.15, -0.1) is 0 Å². The van der Waals surface area contributed by atoms with E-state index in [1.807, 2.05) is 20.8 Å². The second-order valence-corrected chi connectivity index (χ2v) is 6.65. The minimum atomic E-state index is -1.07. The second kappa shape index (κ2) is 5.23. The quantitative estimate of drug-likeness (QED) is 0.614. The van der Waals surface area contributed by atoms with Crippen LogP contribution < -0.4 is 0 Å². The number of rotatable bonds is 3. The van der Waals surface area contributed by atoms with Gasteiger partial charge in [0.2, 0.25) is 0 Å². The van der Waals surface area contributed by atoms with E-state index in [0.717, 1.165) is 5.56 Å². The normalized spacial score (nSPS) is 13.8. The van der Waals surface area contributed by atoms with Crippen LogP contribution in [0.2, 0.25) is 0 Å². The Kier molecular flexibility index (Phi) is 4.17. The van der Waals surface area contributed by atoms with Gasteiger partial charge in [0.15, 0.2) is 0 Å². The van der Waals surface area contributed by atoms with Gasteiger partial charge in [-0.25, -0.2) is 0 Å². The summed E-state index contributed by atoms with van der Waals surface area (Å²) in [5, 5.41) is 12.1. The van der Waals surface area contributed by atoms with E-state index < -0.39 is 15.7 Å². The molecule has 0 aliphatic rings. The summed E-state index contributed by atoms with van der Waals surface area (Å²) >= 11 is 0. The number of benzene rings is 1. The molecule has 0 N–H and O–H groups in total. The largest absolute Gasteiger partial charge is 0.269 e. The zero-order chi connectivity index (χ0) is 13.1. The lowest BCUT2D eigenvalue weighted by Gasteiger charge is -2.13. The van der Waals surface area contributed by atoms with Gasteiger partial charge in [-0.3, -0.25) is 14.3 Å². The van der Waals surface area contributed by atoms with E-state index in [-0.39, 0.29) is 10.4 Å². The Morgan fingerprint density at radius 2 is 1.76 bits per heavy atom. The zero-order valence-corrected chi connectivity index (χ0v) is 10.9. The first-order valence-corrected chi connectivity index (χ1v) is 6.35. The number of hydrogen-bond acceptors (Lipinski definition) is 3. The Bertz CT molecular complexity index is 458. The van der Waals surface area contributed by atoms with Crippen molar-refractivity contribution in [2.75, 3.05) is 0 Å². The minimum Gasteiger partial charge on any atom is -0.258 e. The van der Waals surface area contributed by atoms with Crippen LogP contribution in [0.5, 0.6) is 0 Å². The lowest BCUT2D eigenvalue weighted by molar-refractivity contribution is -0.384. The smallest absolute Gasteiger partial charge is 0.258 e. The van der Waals surface area contributed by atoms with Crippen molar-refractivity contribution in [2.45, 2.75) is 25.5 Å². The fourth-order valence-corrected chi connectivity index (χ4v) is 1.74. The molecular formula is C12H15NO3S. The van der Waals surface area contributed by atoms with Crippen LogP contribution in [-0.4, -0.2) is 13.9 Å². The number of nitro groups is 1. The van der Waals surface area contributed by atoms with Gasteiger partial charge in [-0.2, -0.15) is 0 Å². The summed E-state index contributed by atoms with van der Waals surface area (Å²) in [5.41, 5.74) is 0.854. The van der Waals surface area contributed by atoms with Crippen LogP contribution in [0, 0.1) is 10.1 Å². The monoisotopic (exact) mass is 253 g/mol. The van der Waals surface area contributed by atoms with Gasteiger partial charge >= 0.3 is 0 Å². The molecular weight excluding hydrogens is 238 g/mol. The summed E-state index contributed by atoms with van der Waals surface area (Å²) in [6.07, 6.45) is 1.71. The predicted octanol–water partition coefficient (Wildman–Crippen LogP) is 3.11. The maximum Gasteiger partial charge on any atom is 0.269 e. The molecule has 0 fully saturated rings. The Balaban J connectivity index is 2.80. The highest BCUT2D eigenvalue weighted by atomic mass is 32.2. The molecule has 4 nitrogen and oxygen atoms in total. The summed E-state index contributed by atoms with van der Waals surface area (Å²) in [6, 6.07) is 6.13. The van der Waals surface area contributed by atoms with Gasteiger partial charge in [0.1, 0.15) is 0 Å². The van der Waals surface area contributed by atoms with Gasteiger partial charge < -0.3 is 0 Å². The first-order valence-electron chi connectivity index (χ1n) is 5.14. The Morgan fingerprint density at radius 1 is 1.24 bits per heavy atom. The SMILES string of the molecule is CC(C)(C)S(=O)/C=C/c1ccc([N+](=O)[O-])cc1. The molecule has 0 saturated heterocycles. The van der Waals surface area contributed by atoms with E-state index in [9.17, 15) is 14.3 Å². The van der Waals surface area contributed by atoms with Crippen LogP contribution in [0.25, 0.3) is 6.08 Å². The number of hydrogen-bond donors (Lipinski definition) is 0. The van der Waals surface area contributed by atoms with Crippen molar-refractivity contribution in [3.05, 3.63) is 45.4 Å². The van der Waals surface area contributed by atoms with Gasteiger partial charge in [-0.05, 0) is 44.5 Å². The average molecular weight is 253 g/mol. The van der Waals surface area contributed by atoms with E-state index in [4.69, 9.17) is 0 Å². The van der Waals surface area contributed by atoms with Crippen molar-refractivity contribution in [1.82, 2.24) is 0 Å². The molecule has 1 aromatic carbocycles. The molecule has 0 amide bonds. The molecule has 1 aromatic rings. The molecule has 5 heteroatoms. The van der Waals surface area contributed by atoms with E-state index in [2.05, 4.69) is 0 Å². The molecule has 1 rings (SSSR count). The Hall–Kier alpha value is -1.49. The molecule has 1 unspecified atom stereocenters. The van der Waals surface area contributed by atoms with Crippen LogP contribution in [0.3, 0.4) is 0 Å². The summed E-state index contributed by atoms with van der Waals surface area (Å²) in [5.74, 6) is 0. The zero-order valence-electron chi connectivity index (χ0n) is 10.0. The fraction of sp³-hybridized carbons (Fsp3) is 0.333. The molecule has 0 aliphatic carbocycles.